The van der Waals surface area contributed by atoms with Crippen LogP contribution in [0.5, 0.6) is 0 Å². The molecule has 2 aromatic carbocycles. The zero-order chi connectivity index (χ0) is 22.4. The van der Waals surface area contributed by atoms with Crippen molar-refractivity contribution in [3.05, 3.63) is 66.0 Å². The smallest absolute Gasteiger partial charge is 0.243 e. The Hall–Kier alpha value is -2.29. The molecule has 3 rings (SSSR count). The molecule has 0 atom stereocenters. The lowest BCUT2D eigenvalue weighted by atomic mass is 10.2. The highest BCUT2D eigenvalue weighted by molar-refractivity contribution is 7.89. The number of hydrogen-bond donors (Lipinski definition) is 0. The zero-order valence-corrected chi connectivity index (χ0v) is 18.9. The quantitative estimate of drug-likeness (QED) is 0.655. The molecule has 0 N–H and O–H groups in total. The number of amides is 1. The standard InChI is InChI=1S/C23H30FN3O3S/c1-19(2)27(17-20-7-4-3-5-8-20)23(28)18-25-13-6-14-26(16-15-25)31(29,30)22-11-9-21(24)10-12-22/h3-5,7-12,19H,6,13-18H2,1-2H3. The minimum Gasteiger partial charge on any atom is -0.335 e. The number of benzene rings is 2. The molecular formula is C23H30FN3O3S. The highest BCUT2D eigenvalue weighted by Crippen LogP contribution is 2.18. The summed E-state index contributed by atoms with van der Waals surface area (Å²) in [6.07, 6.45) is 0.633. The van der Waals surface area contributed by atoms with Gasteiger partial charge in [0.2, 0.25) is 15.9 Å². The molecule has 1 aliphatic heterocycles. The van der Waals surface area contributed by atoms with E-state index in [1.807, 2.05) is 54.0 Å². The lowest BCUT2D eigenvalue weighted by Crippen LogP contribution is -2.44. The predicted octanol–water partition coefficient (Wildman–Crippen LogP) is 2.96. The molecule has 1 amide bonds. The van der Waals surface area contributed by atoms with Crippen molar-refractivity contribution in [2.75, 3.05) is 32.7 Å². The third-order valence-corrected chi connectivity index (χ3v) is 7.41. The summed E-state index contributed by atoms with van der Waals surface area (Å²) in [6, 6.07) is 14.9. The molecule has 0 aromatic heterocycles. The lowest BCUT2D eigenvalue weighted by molar-refractivity contribution is -0.134. The van der Waals surface area contributed by atoms with Gasteiger partial charge >= 0.3 is 0 Å². The van der Waals surface area contributed by atoms with Gasteiger partial charge < -0.3 is 4.90 Å². The van der Waals surface area contributed by atoms with Crippen LogP contribution in [0.4, 0.5) is 4.39 Å². The molecule has 6 nitrogen and oxygen atoms in total. The lowest BCUT2D eigenvalue weighted by Gasteiger charge is -2.30. The summed E-state index contributed by atoms with van der Waals surface area (Å²) in [7, 11) is -3.68. The first kappa shape index (κ1) is 23.4. The molecule has 0 bridgehead atoms. The molecule has 0 saturated carbocycles. The van der Waals surface area contributed by atoms with Crippen molar-refractivity contribution in [1.29, 1.82) is 0 Å². The monoisotopic (exact) mass is 447 g/mol. The van der Waals surface area contributed by atoms with Crippen LogP contribution in [0, 0.1) is 5.82 Å². The second kappa shape index (κ2) is 10.3. The summed E-state index contributed by atoms with van der Waals surface area (Å²) in [5, 5.41) is 0. The van der Waals surface area contributed by atoms with Crippen LogP contribution in [0.2, 0.25) is 0 Å². The summed E-state index contributed by atoms with van der Waals surface area (Å²) < 4.78 is 40.4. The van der Waals surface area contributed by atoms with Gasteiger partial charge in [-0.25, -0.2) is 12.8 Å². The second-order valence-electron chi connectivity index (χ2n) is 8.09. The van der Waals surface area contributed by atoms with Crippen LogP contribution in [0.3, 0.4) is 0 Å². The fraction of sp³-hybridized carbons (Fsp3) is 0.435. The van der Waals surface area contributed by atoms with Crippen LogP contribution in [0.1, 0.15) is 25.8 Å². The molecule has 1 heterocycles. The maximum absolute atomic E-state index is 13.2. The minimum absolute atomic E-state index is 0.0358. The van der Waals surface area contributed by atoms with Gasteiger partial charge in [0.1, 0.15) is 5.82 Å². The van der Waals surface area contributed by atoms with Gasteiger partial charge in [-0.05, 0) is 56.6 Å². The summed E-state index contributed by atoms with van der Waals surface area (Å²) in [6.45, 7) is 6.61. The van der Waals surface area contributed by atoms with Crippen molar-refractivity contribution >= 4 is 15.9 Å². The van der Waals surface area contributed by atoms with Crippen LogP contribution in [0.15, 0.2) is 59.5 Å². The normalized spacial score (nSPS) is 16.3. The third-order valence-electron chi connectivity index (χ3n) is 5.50. The third kappa shape index (κ3) is 6.12. The molecule has 0 spiro atoms. The first-order valence-corrected chi connectivity index (χ1v) is 12.0. The Morgan fingerprint density at radius 3 is 2.32 bits per heavy atom. The van der Waals surface area contributed by atoms with Gasteiger partial charge in [0.25, 0.3) is 0 Å². The van der Waals surface area contributed by atoms with Crippen LogP contribution in [-0.4, -0.2) is 67.2 Å². The molecule has 1 fully saturated rings. The number of nitrogens with zero attached hydrogens (tertiary/aromatic N) is 3. The Balaban J connectivity index is 1.62. The maximum Gasteiger partial charge on any atom is 0.243 e. The number of rotatable bonds is 7. The van der Waals surface area contributed by atoms with E-state index >= 15 is 0 Å². The molecule has 1 saturated heterocycles. The van der Waals surface area contributed by atoms with Gasteiger partial charge in [0.05, 0.1) is 11.4 Å². The van der Waals surface area contributed by atoms with Crippen LogP contribution in [0.25, 0.3) is 0 Å². The fourth-order valence-corrected chi connectivity index (χ4v) is 5.19. The van der Waals surface area contributed by atoms with E-state index in [4.69, 9.17) is 0 Å². The first-order chi connectivity index (χ1) is 14.8. The number of carbonyl (C=O) groups excluding carboxylic acids is 1. The van der Waals surface area contributed by atoms with Crippen LogP contribution >= 0.6 is 0 Å². The molecule has 0 unspecified atom stereocenters. The average molecular weight is 448 g/mol. The Labute approximate surface area is 184 Å². The van der Waals surface area contributed by atoms with Crippen molar-refractivity contribution < 1.29 is 17.6 Å². The first-order valence-electron chi connectivity index (χ1n) is 10.6. The van der Waals surface area contributed by atoms with E-state index < -0.39 is 15.8 Å². The molecule has 0 radical (unpaired) electrons. The highest BCUT2D eigenvalue weighted by atomic mass is 32.2. The van der Waals surface area contributed by atoms with Crippen molar-refractivity contribution in [2.45, 2.75) is 37.8 Å². The predicted molar refractivity (Wildman–Crippen MR) is 118 cm³/mol. The number of halogens is 1. The minimum atomic E-state index is -3.68. The molecule has 2 aromatic rings. The van der Waals surface area contributed by atoms with Gasteiger partial charge in [0, 0.05) is 32.2 Å². The van der Waals surface area contributed by atoms with Gasteiger partial charge in [-0.15, -0.1) is 0 Å². The highest BCUT2D eigenvalue weighted by Gasteiger charge is 2.28. The van der Waals surface area contributed by atoms with Gasteiger partial charge in [-0.3, -0.25) is 9.69 Å². The van der Waals surface area contributed by atoms with Crippen molar-refractivity contribution in [2.24, 2.45) is 0 Å². The Kier molecular flexibility index (Phi) is 7.80. The second-order valence-corrected chi connectivity index (χ2v) is 10.0. The molecule has 0 aliphatic carbocycles. The van der Waals surface area contributed by atoms with E-state index in [1.54, 1.807) is 0 Å². The molecule has 1 aliphatic rings. The maximum atomic E-state index is 13.2. The number of sulfonamides is 1. The largest absolute Gasteiger partial charge is 0.335 e. The molecule has 168 valence electrons. The Bertz CT molecular complexity index is 965. The van der Waals surface area contributed by atoms with E-state index in [1.165, 1.54) is 16.4 Å². The van der Waals surface area contributed by atoms with E-state index in [2.05, 4.69) is 0 Å². The summed E-state index contributed by atoms with van der Waals surface area (Å²) in [4.78, 5) is 17.0. The molecule has 31 heavy (non-hydrogen) atoms. The SMILES string of the molecule is CC(C)N(Cc1ccccc1)C(=O)CN1CCCN(S(=O)(=O)c2ccc(F)cc2)CC1. The van der Waals surface area contributed by atoms with Gasteiger partial charge in [-0.2, -0.15) is 4.31 Å². The summed E-state index contributed by atoms with van der Waals surface area (Å²) in [5.41, 5.74) is 1.08. The van der Waals surface area contributed by atoms with Gasteiger partial charge in [-0.1, -0.05) is 30.3 Å². The number of carbonyl (C=O) groups is 1. The van der Waals surface area contributed by atoms with Crippen molar-refractivity contribution in [1.82, 2.24) is 14.1 Å². The van der Waals surface area contributed by atoms with Gasteiger partial charge in [0.15, 0.2) is 0 Å². The van der Waals surface area contributed by atoms with E-state index in [-0.39, 0.29) is 23.4 Å². The molecular weight excluding hydrogens is 417 g/mol. The fourth-order valence-electron chi connectivity index (χ4n) is 3.72. The van der Waals surface area contributed by atoms with Crippen LogP contribution < -0.4 is 0 Å². The molecule has 8 heteroatoms. The van der Waals surface area contributed by atoms with Crippen LogP contribution in [-0.2, 0) is 21.4 Å². The van der Waals surface area contributed by atoms with E-state index in [0.29, 0.717) is 39.1 Å². The summed E-state index contributed by atoms with van der Waals surface area (Å²) >= 11 is 0. The average Bonchev–Trinajstić information content (AvgIpc) is 2.99. The van der Waals surface area contributed by atoms with Crippen molar-refractivity contribution in [3.63, 3.8) is 0 Å². The summed E-state index contributed by atoms with van der Waals surface area (Å²) in [5.74, 6) is -0.432. The van der Waals surface area contributed by atoms with E-state index in [0.717, 1.165) is 17.7 Å². The Morgan fingerprint density at radius 2 is 1.68 bits per heavy atom. The van der Waals surface area contributed by atoms with Crippen molar-refractivity contribution in [3.8, 4) is 0 Å². The van der Waals surface area contributed by atoms with E-state index in [9.17, 15) is 17.6 Å². The Morgan fingerprint density at radius 1 is 1.00 bits per heavy atom. The topological polar surface area (TPSA) is 60.9 Å². The zero-order valence-electron chi connectivity index (χ0n) is 18.1. The number of hydrogen-bond acceptors (Lipinski definition) is 4.